The van der Waals surface area contributed by atoms with Crippen LogP contribution in [0.1, 0.15) is 32.7 Å². The average Bonchev–Trinajstić information content (AvgIpc) is 3.27. The standard InChI is InChI=1S/C25H26N8O2.H2/c1-15-13-32(14-16(2)33(15)17(3)34)23-6-4-5-21(31-23)20-11-29-24-19(20)9-18(10-28-24)30-25(35)22-12-26-7-8-27-22;/h4-12,15-16H,13-14H2,1-3H3,(H,28,29)(H,30,35);1H/t15-,16+;. The van der Waals surface area contributed by atoms with E-state index in [0.717, 1.165) is 22.5 Å². The summed E-state index contributed by atoms with van der Waals surface area (Å²) in [5.74, 6) is 0.600. The quantitative estimate of drug-likeness (QED) is 0.467. The van der Waals surface area contributed by atoms with Gasteiger partial charge >= 0.3 is 0 Å². The van der Waals surface area contributed by atoms with E-state index in [-0.39, 0.29) is 31.0 Å². The number of carbonyl (C=O) groups excluding carboxylic acids is 2. The molecule has 4 aromatic rings. The minimum atomic E-state index is -0.357. The number of carbonyl (C=O) groups is 2. The number of pyridine rings is 2. The minimum absolute atomic E-state index is 0. The van der Waals surface area contributed by atoms with Crippen LogP contribution in [0.4, 0.5) is 11.5 Å². The molecule has 10 nitrogen and oxygen atoms in total. The molecule has 0 aromatic carbocycles. The molecule has 0 saturated carbocycles. The van der Waals surface area contributed by atoms with Crippen molar-refractivity contribution >= 4 is 34.4 Å². The van der Waals surface area contributed by atoms with Crippen LogP contribution in [0.2, 0.25) is 0 Å². The van der Waals surface area contributed by atoms with Crippen LogP contribution >= 0.6 is 0 Å². The van der Waals surface area contributed by atoms with Crippen molar-refractivity contribution in [2.45, 2.75) is 32.9 Å². The number of fused-ring (bicyclic) bond motifs is 1. The second-order valence-electron chi connectivity index (χ2n) is 8.78. The Hall–Kier alpha value is -4.34. The molecule has 0 unspecified atom stereocenters. The Bertz CT molecular complexity index is 1380. The van der Waals surface area contributed by atoms with Gasteiger partial charge in [0.05, 0.1) is 23.8 Å². The minimum Gasteiger partial charge on any atom is -0.352 e. The van der Waals surface area contributed by atoms with E-state index in [2.05, 4.69) is 44.0 Å². The van der Waals surface area contributed by atoms with Crippen LogP contribution < -0.4 is 10.2 Å². The Kier molecular flexibility index (Phi) is 5.86. The molecule has 4 aromatic heterocycles. The van der Waals surface area contributed by atoms with Gasteiger partial charge in [0.15, 0.2) is 0 Å². The molecule has 2 atom stereocenters. The van der Waals surface area contributed by atoms with Crippen LogP contribution in [0.3, 0.4) is 0 Å². The summed E-state index contributed by atoms with van der Waals surface area (Å²) in [4.78, 5) is 49.2. The fourth-order valence-electron chi connectivity index (χ4n) is 4.78. The average molecular weight is 473 g/mol. The fraction of sp³-hybridized carbons (Fsp3) is 0.280. The number of piperazine rings is 1. The molecule has 1 fully saturated rings. The molecular formula is C25H28N8O2. The van der Waals surface area contributed by atoms with E-state index in [1.54, 1.807) is 13.1 Å². The van der Waals surface area contributed by atoms with E-state index < -0.39 is 0 Å². The van der Waals surface area contributed by atoms with E-state index in [1.165, 1.54) is 18.6 Å². The summed E-state index contributed by atoms with van der Waals surface area (Å²) in [6.07, 6.45) is 7.87. The number of amides is 2. The molecule has 35 heavy (non-hydrogen) atoms. The number of hydrogen-bond donors (Lipinski definition) is 2. The SMILES string of the molecule is CC(=O)N1[C@H](C)CN(c2cccc(-c3c[nH]c4ncc(NC(=O)c5cnccn5)cc34)n2)C[C@@H]1C.[HH]. The predicted molar refractivity (Wildman–Crippen MR) is 135 cm³/mol. The summed E-state index contributed by atoms with van der Waals surface area (Å²) >= 11 is 0. The van der Waals surface area contributed by atoms with Crippen molar-refractivity contribution in [1.29, 1.82) is 0 Å². The van der Waals surface area contributed by atoms with Crippen LogP contribution in [0.15, 0.2) is 55.2 Å². The Morgan fingerprint density at radius 2 is 1.91 bits per heavy atom. The molecule has 0 bridgehead atoms. The summed E-state index contributed by atoms with van der Waals surface area (Å²) in [6.45, 7) is 7.19. The summed E-state index contributed by atoms with van der Waals surface area (Å²) in [5.41, 5.74) is 3.15. The van der Waals surface area contributed by atoms with Crippen molar-refractivity contribution in [3.8, 4) is 11.3 Å². The predicted octanol–water partition coefficient (Wildman–Crippen LogP) is 3.36. The van der Waals surface area contributed by atoms with E-state index in [0.29, 0.717) is 24.4 Å². The van der Waals surface area contributed by atoms with Gasteiger partial charge in [0.25, 0.3) is 5.91 Å². The third-order valence-electron chi connectivity index (χ3n) is 6.20. The van der Waals surface area contributed by atoms with Gasteiger partial charge in [0, 0.05) is 63.1 Å². The van der Waals surface area contributed by atoms with Gasteiger partial charge in [-0.15, -0.1) is 0 Å². The highest BCUT2D eigenvalue weighted by Crippen LogP contribution is 2.30. The van der Waals surface area contributed by atoms with Crippen molar-refractivity contribution in [1.82, 2.24) is 29.8 Å². The van der Waals surface area contributed by atoms with Gasteiger partial charge in [-0.05, 0) is 32.0 Å². The molecule has 2 N–H and O–H groups in total. The lowest BCUT2D eigenvalue weighted by Gasteiger charge is -2.44. The topological polar surface area (TPSA) is 120 Å². The van der Waals surface area contributed by atoms with Gasteiger partial charge in [-0.3, -0.25) is 14.6 Å². The smallest absolute Gasteiger partial charge is 0.275 e. The van der Waals surface area contributed by atoms with Crippen LogP contribution in [0.5, 0.6) is 0 Å². The van der Waals surface area contributed by atoms with Crippen LogP contribution in [0.25, 0.3) is 22.3 Å². The van der Waals surface area contributed by atoms with Crippen molar-refractivity contribution in [3.63, 3.8) is 0 Å². The summed E-state index contributed by atoms with van der Waals surface area (Å²) in [6, 6.07) is 7.99. The first kappa shape index (κ1) is 22.5. The maximum Gasteiger partial charge on any atom is 0.275 e. The Balaban J connectivity index is 0.00000304. The molecule has 0 radical (unpaired) electrons. The molecule has 5 rings (SSSR count). The highest BCUT2D eigenvalue weighted by Gasteiger charge is 2.31. The molecule has 2 amide bonds. The number of aromatic amines is 1. The second-order valence-corrected chi connectivity index (χ2v) is 8.78. The maximum atomic E-state index is 12.5. The number of hydrogen-bond acceptors (Lipinski definition) is 7. The normalized spacial score (nSPS) is 18.0. The lowest BCUT2D eigenvalue weighted by atomic mass is 10.1. The number of aromatic nitrogens is 5. The van der Waals surface area contributed by atoms with Gasteiger partial charge in [-0.1, -0.05) is 6.07 Å². The molecule has 180 valence electrons. The molecule has 1 saturated heterocycles. The second kappa shape index (κ2) is 9.13. The number of nitrogens with one attached hydrogen (secondary N) is 2. The summed E-state index contributed by atoms with van der Waals surface area (Å²) < 4.78 is 0. The van der Waals surface area contributed by atoms with Crippen molar-refractivity contribution in [2.75, 3.05) is 23.3 Å². The maximum absolute atomic E-state index is 12.5. The van der Waals surface area contributed by atoms with E-state index in [9.17, 15) is 9.59 Å². The number of H-pyrrole nitrogens is 1. The highest BCUT2D eigenvalue weighted by molar-refractivity contribution is 6.04. The van der Waals surface area contributed by atoms with Crippen LogP contribution in [-0.2, 0) is 4.79 Å². The molecule has 5 heterocycles. The number of nitrogens with zero attached hydrogens (tertiary/aromatic N) is 6. The zero-order chi connectivity index (χ0) is 24.5. The summed E-state index contributed by atoms with van der Waals surface area (Å²) in [7, 11) is 0. The van der Waals surface area contributed by atoms with Crippen LogP contribution in [0, 0.1) is 0 Å². The van der Waals surface area contributed by atoms with E-state index in [1.807, 2.05) is 35.4 Å². The van der Waals surface area contributed by atoms with Crippen molar-refractivity contribution in [3.05, 3.63) is 60.9 Å². The first-order valence-corrected chi connectivity index (χ1v) is 11.5. The highest BCUT2D eigenvalue weighted by atomic mass is 16.2. The first-order valence-electron chi connectivity index (χ1n) is 11.5. The van der Waals surface area contributed by atoms with Crippen LogP contribution in [-0.4, -0.2) is 66.8 Å². The van der Waals surface area contributed by atoms with Gasteiger partial charge < -0.3 is 20.1 Å². The largest absolute Gasteiger partial charge is 0.352 e. The summed E-state index contributed by atoms with van der Waals surface area (Å²) in [5, 5.41) is 3.67. The third kappa shape index (κ3) is 4.42. The van der Waals surface area contributed by atoms with Gasteiger partial charge in [0.2, 0.25) is 5.91 Å². The number of rotatable bonds is 4. The molecule has 1 aliphatic rings. The van der Waals surface area contributed by atoms with E-state index in [4.69, 9.17) is 4.98 Å². The monoisotopic (exact) mass is 472 g/mol. The first-order chi connectivity index (χ1) is 16.9. The van der Waals surface area contributed by atoms with Gasteiger partial charge in [-0.2, -0.15) is 0 Å². The molecular weight excluding hydrogens is 444 g/mol. The molecule has 1 aliphatic heterocycles. The zero-order valence-electron chi connectivity index (χ0n) is 19.8. The van der Waals surface area contributed by atoms with E-state index >= 15 is 0 Å². The molecule has 10 heteroatoms. The fourth-order valence-corrected chi connectivity index (χ4v) is 4.78. The lowest BCUT2D eigenvalue weighted by molar-refractivity contribution is -0.133. The Morgan fingerprint density at radius 1 is 1.11 bits per heavy atom. The molecule has 0 aliphatic carbocycles. The van der Waals surface area contributed by atoms with Gasteiger partial charge in [-0.25, -0.2) is 15.0 Å². The Morgan fingerprint density at radius 3 is 2.63 bits per heavy atom. The zero-order valence-corrected chi connectivity index (χ0v) is 19.8. The molecule has 0 spiro atoms. The lowest BCUT2D eigenvalue weighted by Crippen LogP contribution is -2.58. The van der Waals surface area contributed by atoms with Gasteiger partial charge in [0.1, 0.15) is 17.2 Å². The Labute approximate surface area is 203 Å². The third-order valence-corrected chi connectivity index (χ3v) is 6.20. The number of anilines is 2. The van der Waals surface area contributed by atoms with Crippen molar-refractivity contribution < 1.29 is 11.0 Å². The van der Waals surface area contributed by atoms with Crippen molar-refractivity contribution in [2.24, 2.45) is 0 Å².